The van der Waals surface area contributed by atoms with Gasteiger partial charge in [-0.1, -0.05) is 6.07 Å². The standard InChI is InChI=1S/C18H21N5O2/c1-11-4-5-13(14(24)8-11)16-22-21-15(17-19-6-7-23(16)17)20-12-9-18(2,3)25-10-12/h4-8,12,24H,9-10H2,1-3H3,(H,20,21). The molecule has 1 fully saturated rings. The summed E-state index contributed by atoms with van der Waals surface area (Å²) in [4.78, 5) is 4.41. The zero-order valence-electron chi connectivity index (χ0n) is 14.5. The third-order valence-electron chi connectivity index (χ3n) is 4.47. The van der Waals surface area contributed by atoms with Crippen molar-refractivity contribution in [2.45, 2.75) is 38.8 Å². The first-order valence-electron chi connectivity index (χ1n) is 8.33. The van der Waals surface area contributed by atoms with Crippen molar-refractivity contribution in [3.63, 3.8) is 0 Å². The van der Waals surface area contributed by atoms with E-state index in [1.54, 1.807) is 12.3 Å². The number of nitrogens with one attached hydrogen (secondary N) is 1. The summed E-state index contributed by atoms with van der Waals surface area (Å²) in [6, 6.07) is 5.66. The molecule has 7 heteroatoms. The molecule has 0 amide bonds. The third kappa shape index (κ3) is 2.91. The molecule has 130 valence electrons. The molecule has 0 radical (unpaired) electrons. The Morgan fingerprint density at radius 1 is 1.32 bits per heavy atom. The minimum absolute atomic E-state index is 0.134. The van der Waals surface area contributed by atoms with Crippen LogP contribution in [-0.2, 0) is 4.74 Å². The van der Waals surface area contributed by atoms with E-state index in [2.05, 4.69) is 34.3 Å². The second-order valence-corrected chi connectivity index (χ2v) is 7.13. The number of phenolic OH excluding ortho intramolecular Hbond substituents is 1. The zero-order chi connectivity index (χ0) is 17.6. The maximum Gasteiger partial charge on any atom is 0.192 e. The summed E-state index contributed by atoms with van der Waals surface area (Å²) in [6.45, 7) is 6.71. The van der Waals surface area contributed by atoms with Crippen molar-refractivity contribution in [1.29, 1.82) is 0 Å². The normalized spacial score (nSPS) is 19.4. The number of aromatic hydroxyl groups is 1. The van der Waals surface area contributed by atoms with Gasteiger partial charge < -0.3 is 15.2 Å². The molecule has 1 aromatic carbocycles. The molecule has 2 N–H and O–H groups in total. The number of imidazole rings is 1. The smallest absolute Gasteiger partial charge is 0.192 e. The average Bonchev–Trinajstić information content (AvgIpc) is 3.15. The van der Waals surface area contributed by atoms with Gasteiger partial charge in [0.25, 0.3) is 0 Å². The van der Waals surface area contributed by atoms with Crippen LogP contribution >= 0.6 is 0 Å². The Kier molecular flexibility index (Phi) is 3.61. The quantitative estimate of drug-likeness (QED) is 0.763. The SMILES string of the molecule is Cc1ccc(-c2nnc(NC3COC(C)(C)C3)c3nccn23)c(O)c1. The highest BCUT2D eigenvalue weighted by molar-refractivity contribution is 5.71. The summed E-state index contributed by atoms with van der Waals surface area (Å²) in [5.74, 6) is 1.35. The van der Waals surface area contributed by atoms with Crippen molar-refractivity contribution < 1.29 is 9.84 Å². The van der Waals surface area contributed by atoms with Gasteiger partial charge in [-0.25, -0.2) is 4.98 Å². The predicted octanol–water partition coefficient (Wildman–Crippen LogP) is 2.78. The minimum Gasteiger partial charge on any atom is -0.507 e. The van der Waals surface area contributed by atoms with Crippen LogP contribution < -0.4 is 5.32 Å². The molecular weight excluding hydrogens is 318 g/mol. The number of phenols is 1. The van der Waals surface area contributed by atoms with E-state index >= 15 is 0 Å². The maximum absolute atomic E-state index is 10.3. The molecule has 4 rings (SSSR count). The van der Waals surface area contributed by atoms with E-state index in [1.807, 2.05) is 29.7 Å². The predicted molar refractivity (Wildman–Crippen MR) is 94.7 cm³/mol. The number of aromatic nitrogens is 4. The van der Waals surface area contributed by atoms with E-state index in [0.29, 0.717) is 29.5 Å². The number of hydrogen-bond donors (Lipinski definition) is 2. The van der Waals surface area contributed by atoms with Gasteiger partial charge in [0, 0.05) is 12.4 Å². The first kappa shape index (κ1) is 15.8. The van der Waals surface area contributed by atoms with Gasteiger partial charge in [0.2, 0.25) is 0 Å². The largest absolute Gasteiger partial charge is 0.507 e. The Morgan fingerprint density at radius 2 is 2.16 bits per heavy atom. The highest BCUT2D eigenvalue weighted by atomic mass is 16.5. The molecule has 1 unspecified atom stereocenters. The fraction of sp³-hybridized carbons (Fsp3) is 0.389. The van der Waals surface area contributed by atoms with Gasteiger partial charge in [-0.05, 0) is 44.9 Å². The van der Waals surface area contributed by atoms with E-state index < -0.39 is 0 Å². The molecule has 1 atom stereocenters. The van der Waals surface area contributed by atoms with Crippen LogP contribution in [0.15, 0.2) is 30.6 Å². The van der Waals surface area contributed by atoms with Crippen molar-refractivity contribution in [2.75, 3.05) is 11.9 Å². The van der Waals surface area contributed by atoms with Crippen molar-refractivity contribution in [1.82, 2.24) is 19.6 Å². The van der Waals surface area contributed by atoms with E-state index in [0.717, 1.165) is 12.0 Å². The molecule has 1 saturated heterocycles. The van der Waals surface area contributed by atoms with Gasteiger partial charge in [0.05, 0.1) is 23.8 Å². The van der Waals surface area contributed by atoms with Gasteiger partial charge in [-0.3, -0.25) is 4.40 Å². The van der Waals surface area contributed by atoms with Crippen LogP contribution in [0.1, 0.15) is 25.8 Å². The molecule has 2 aromatic heterocycles. The Hall–Kier alpha value is -2.67. The van der Waals surface area contributed by atoms with E-state index in [1.165, 1.54) is 0 Å². The summed E-state index contributed by atoms with van der Waals surface area (Å²) in [5.41, 5.74) is 2.15. The Balaban J connectivity index is 1.72. The highest BCUT2D eigenvalue weighted by Gasteiger charge is 2.32. The average molecular weight is 339 g/mol. The topological polar surface area (TPSA) is 84.6 Å². The molecule has 0 aliphatic carbocycles. The molecule has 3 heterocycles. The molecular formula is C18H21N5O2. The first-order chi connectivity index (χ1) is 11.9. The summed E-state index contributed by atoms with van der Waals surface area (Å²) in [5, 5.41) is 22.3. The summed E-state index contributed by atoms with van der Waals surface area (Å²) in [6.07, 6.45) is 4.41. The molecule has 1 aliphatic heterocycles. The van der Waals surface area contributed by atoms with Gasteiger partial charge in [0.1, 0.15) is 5.75 Å². The van der Waals surface area contributed by atoms with E-state index in [-0.39, 0.29) is 17.4 Å². The van der Waals surface area contributed by atoms with Crippen LogP contribution in [0.4, 0.5) is 5.82 Å². The Morgan fingerprint density at radius 3 is 2.88 bits per heavy atom. The zero-order valence-corrected chi connectivity index (χ0v) is 14.5. The number of benzene rings is 1. The second-order valence-electron chi connectivity index (χ2n) is 7.13. The number of nitrogens with zero attached hydrogens (tertiary/aromatic N) is 4. The molecule has 7 nitrogen and oxygen atoms in total. The van der Waals surface area contributed by atoms with Crippen molar-refractivity contribution >= 4 is 11.5 Å². The number of rotatable bonds is 3. The minimum atomic E-state index is -0.134. The molecule has 0 bridgehead atoms. The number of hydrogen-bond acceptors (Lipinski definition) is 6. The third-order valence-corrected chi connectivity index (χ3v) is 4.47. The van der Waals surface area contributed by atoms with Crippen LogP contribution in [0.3, 0.4) is 0 Å². The fourth-order valence-corrected chi connectivity index (χ4v) is 3.27. The lowest BCUT2D eigenvalue weighted by atomic mass is 10.0. The Labute approximate surface area is 145 Å². The van der Waals surface area contributed by atoms with Crippen LogP contribution in [0.5, 0.6) is 5.75 Å². The number of aryl methyl sites for hydroxylation is 1. The van der Waals surface area contributed by atoms with Crippen molar-refractivity contribution in [3.05, 3.63) is 36.2 Å². The summed E-state index contributed by atoms with van der Waals surface area (Å²) >= 11 is 0. The summed E-state index contributed by atoms with van der Waals surface area (Å²) < 4.78 is 7.60. The van der Waals surface area contributed by atoms with Gasteiger partial charge in [-0.15, -0.1) is 10.2 Å². The number of fused-ring (bicyclic) bond motifs is 1. The van der Waals surface area contributed by atoms with Gasteiger partial charge >= 0.3 is 0 Å². The van der Waals surface area contributed by atoms with Crippen LogP contribution in [0.25, 0.3) is 17.0 Å². The molecule has 3 aromatic rings. The van der Waals surface area contributed by atoms with Gasteiger partial charge in [0.15, 0.2) is 17.3 Å². The summed E-state index contributed by atoms with van der Waals surface area (Å²) in [7, 11) is 0. The fourth-order valence-electron chi connectivity index (χ4n) is 3.27. The van der Waals surface area contributed by atoms with Gasteiger partial charge in [-0.2, -0.15) is 0 Å². The molecule has 0 spiro atoms. The first-order valence-corrected chi connectivity index (χ1v) is 8.33. The lowest BCUT2D eigenvalue weighted by Gasteiger charge is -2.16. The van der Waals surface area contributed by atoms with E-state index in [9.17, 15) is 5.11 Å². The number of ether oxygens (including phenoxy) is 1. The monoisotopic (exact) mass is 339 g/mol. The highest BCUT2D eigenvalue weighted by Crippen LogP contribution is 2.31. The van der Waals surface area contributed by atoms with Crippen molar-refractivity contribution in [3.8, 4) is 17.1 Å². The number of anilines is 1. The Bertz CT molecular complexity index is 934. The van der Waals surface area contributed by atoms with E-state index in [4.69, 9.17) is 4.74 Å². The lowest BCUT2D eigenvalue weighted by molar-refractivity contribution is 0.0363. The molecule has 1 aliphatic rings. The maximum atomic E-state index is 10.3. The van der Waals surface area contributed by atoms with Crippen LogP contribution in [0, 0.1) is 6.92 Å². The second kappa shape index (κ2) is 5.70. The van der Waals surface area contributed by atoms with Crippen LogP contribution in [-0.4, -0.2) is 42.9 Å². The lowest BCUT2D eigenvalue weighted by Crippen LogP contribution is -2.23. The van der Waals surface area contributed by atoms with Crippen molar-refractivity contribution in [2.24, 2.45) is 0 Å². The van der Waals surface area contributed by atoms with Crippen LogP contribution in [0.2, 0.25) is 0 Å². The molecule has 0 saturated carbocycles. The molecule has 25 heavy (non-hydrogen) atoms.